The molecule has 2 aliphatic rings. The van der Waals surface area contributed by atoms with Crippen molar-refractivity contribution in [2.75, 3.05) is 6.61 Å². The van der Waals surface area contributed by atoms with Gasteiger partial charge in [0.25, 0.3) is 5.91 Å². The zero-order valence-corrected chi connectivity index (χ0v) is 13.8. The number of halogens is 1. The molecule has 0 aliphatic heterocycles. The lowest BCUT2D eigenvalue weighted by atomic mass is 10.1. The Bertz CT molecular complexity index is 596. The Morgan fingerprint density at radius 1 is 1.30 bits per heavy atom. The number of carbonyl (C=O) groups excluding carboxylic acids is 1. The normalized spacial score (nSPS) is 24.1. The van der Waals surface area contributed by atoms with Gasteiger partial charge in [0.15, 0.2) is 0 Å². The topological polar surface area (TPSA) is 58.6 Å². The van der Waals surface area contributed by atoms with Crippen molar-refractivity contribution in [3.05, 3.63) is 40.9 Å². The van der Waals surface area contributed by atoms with Crippen LogP contribution in [0.1, 0.15) is 42.5 Å². The summed E-state index contributed by atoms with van der Waals surface area (Å²) in [6, 6.07) is 5.12. The molecule has 124 valence electrons. The standard InChI is InChI=1S/C18H22ClNO3/c19-13-6-8-17(23-15-3-1-2-4-15)16(10-13)18(22)20-14-7-5-12(9-14)11-21/h5-8,10,12,14-15,21H,1-4,9,11H2,(H,20,22)/t12-,14+/m0/s1. The van der Waals surface area contributed by atoms with Gasteiger partial charge in [0.1, 0.15) is 5.75 Å². The predicted molar refractivity (Wildman–Crippen MR) is 89.9 cm³/mol. The number of hydrogen-bond donors (Lipinski definition) is 2. The molecule has 3 rings (SSSR count). The SMILES string of the molecule is O=C(N[C@@H]1C=C[C@H](CO)C1)c1cc(Cl)ccc1OC1CCCC1. The van der Waals surface area contributed by atoms with Crippen molar-refractivity contribution in [2.45, 2.75) is 44.2 Å². The zero-order chi connectivity index (χ0) is 16.2. The van der Waals surface area contributed by atoms with Gasteiger partial charge in [-0.25, -0.2) is 0 Å². The van der Waals surface area contributed by atoms with Gasteiger partial charge in [-0.3, -0.25) is 4.79 Å². The lowest BCUT2D eigenvalue weighted by molar-refractivity contribution is 0.0934. The minimum absolute atomic E-state index is 0.0574. The van der Waals surface area contributed by atoms with Crippen LogP contribution in [0.25, 0.3) is 0 Å². The summed E-state index contributed by atoms with van der Waals surface area (Å²) in [5.74, 6) is 0.530. The number of carbonyl (C=O) groups is 1. The van der Waals surface area contributed by atoms with E-state index in [1.165, 1.54) is 12.8 Å². The van der Waals surface area contributed by atoms with Crippen molar-refractivity contribution < 1.29 is 14.6 Å². The van der Waals surface area contributed by atoms with E-state index in [0.717, 1.165) is 19.3 Å². The Balaban J connectivity index is 1.71. The second-order valence-electron chi connectivity index (χ2n) is 6.31. The minimum atomic E-state index is -0.186. The van der Waals surface area contributed by atoms with Gasteiger partial charge in [-0.1, -0.05) is 23.8 Å². The van der Waals surface area contributed by atoms with Gasteiger partial charge in [-0.05, 0) is 50.3 Å². The first kappa shape index (κ1) is 16.3. The molecule has 4 nitrogen and oxygen atoms in total. The van der Waals surface area contributed by atoms with Crippen molar-refractivity contribution in [3.8, 4) is 5.75 Å². The maximum Gasteiger partial charge on any atom is 0.255 e. The molecule has 0 radical (unpaired) electrons. The van der Waals surface area contributed by atoms with E-state index in [4.69, 9.17) is 16.3 Å². The lowest BCUT2D eigenvalue weighted by Gasteiger charge is -2.18. The van der Waals surface area contributed by atoms with Crippen LogP contribution in [0.4, 0.5) is 0 Å². The van der Waals surface area contributed by atoms with Crippen LogP contribution in [0.3, 0.4) is 0 Å². The highest BCUT2D eigenvalue weighted by Crippen LogP contribution is 2.29. The van der Waals surface area contributed by atoms with Crippen LogP contribution in [0, 0.1) is 5.92 Å². The molecule has 1 aromatic carbocycles. The molecule has 2 N–H and O–H groups in total. The number of benzene rings is 1. The van der Waals surface area contributed by atoms with Crippen LogP contribution in [0.2, 0.25) is 5.02 Å². The van der Waals surface area contributed by atoms with E-state index in [1.54, 1.807) is 18.2 Å². The van der Waals surface area contributed by atoms with Gasteiger partial charge in [0.2, 0.25) is 0 Å². The third kappa shape index (κ3) is 4.06. The lowest BCUT2D eigenvalue weighted by Crippen LogP contribution is -2.33. The van der Waals surface area contributed by atoms with Gasteiger partial charge in [0.05, 0.1) is 11.7 Å². The first-order valence-electron chi connectivity index (χ1n) is 8.22. The van der Waals surface area contributed by atoms with E-state index in [0.29, 0.717) is 16.3 Å². The number of ether oxygens (including phenoxy) is 1. The fourth-order valence-electron chi connectivity index (χ4n) is 3.23. The van der Waals surface area contributed by atoms with Gasteiger partial charge < -0.3 is 15.2 Å². The number of aliphatic hydroxyl groups excluding tert-OH is 1. The van der Waals surface area contributed by atoms with Crippen molar-refractivity contribution >= 4 is 17.5 Å². The molecule has 2 atom stereocenters. The van der Waals surface area contributed by atoms with Crippen molar-refractivity contribution in [2.24, 2.45) is 5.92 Å². The fourth-order valence-corrected chi connectivity index (χ4v) is 3.40. The molecule has 0 aromatic heterocycles. The number of amides is 1. The molecule has 5 heteroatoms. The smallest absolute Gasteiger partial charge is 0.255 e. The van der Waals surface area contributed by atoms with Crippen LogP contribution in [0.15, 0.2) is 30.4 Å². The van der Waals surface area contributed by atoms with E-state index in [9.17, 15) is 9.90 Å². The average molecular weight is 336 g/mol. The highest BCUT2D eigenvalue weighted by Gasteiger charge is 2.24. The third-order valence-corrected chi connectivity index (χ3v) is 4.74. The maximum atomic E-state index is 12.6. The van der Waals surface area contributed by atoms with Gasteiger partial charge in [-0.15, -0.1) is 0 Å². The summed E-state index contributed by atoms with van der Waals surface area (Å²) in [6.45, 7) is 0.107. The Morgan fingerprint density at radius 2 is 2.09 bits per heavy atom. The van der Waals surface area contributed by atoms with Gasteiger partial charge in [0, 0.05) is 23.6 Å². The number of rotatable bonds is 5. The van der Waals surface area contributed by atoms with Crippen LogP contribution >= 0.6 is 11.6 Å². The van der Waals surface area contributed by atoms with Crippen molar-refractivity contribution in [1.82, 2.24) is 5.32 Å². The number of nitrogens with one attached hydrogen (secondary N) is 1. The molecule has 1 aromatic rings. The monoisotopic (exact) mass is 335 g/mol. The molecule has 0 unspecified atom stereocenters. The van der Waals surface area contributed by atoms with Gasteiger partial charge in [-0.2, -0.15) is 0 Å². The third-order valence-electron chi connectivity index (χ3n) is 4.51. The molecule has 23 heavy (non-hydrogen) atoms. The summed E-state index contributed by atoms with van der Waals surface area (Å²) in [4.78, 5) is 12.6. The summed E-state index contributed by atoms with van der Waals surface area (Å²) in [6.07, 6.45) is 9.21. The summed E-state index contributed by atoms with van der Waals surface area (Å²) in [7, 11) is 0. The Kier molecular flexibility index (Phi) is 5.23. The summed E-state index contributed by atoms with van der Waals surface area (Å²) < 4.78 is 6.01. The summed E-state index contributed by atoms with van der Waals surface area (Å²) in [5, 5.41) is 12.7. The van der Waals surface area contributed by atoms with E-state index in [2.05, 4.69) is 5.32 Å². The van der Waals surface area contributed by atoms with E-state index < -0.39 is 0 Å². The average Bonchev–Trinajstić information content (AvgIpc) is 3.20. The minimum Gasteiger partial charge on any atom is -0.490 e. The quantitative estimate of drug-likeness (QED) is 0.811. The first-order chi connectivity index (χ1) is 11.2. The molecule has 1 amide bonds. The maximum absolute atomic E-state index is 12.6. The fraction of sp³-hybridized carbons (Fsp3) is 0.500. The molecule has 2 aliphatic carbocycles. The van der Waals surface area contributed by atoms with E-state index in [-0.39, 0.29) is 30.6 Å². The first-order valence-corrected chi connectivity index (χ1v) is 8.60. The molecule has 0 heterocycles. The highest BCUT2D eigenvalue weighted by atomic mass is 35.5. The predicted octanol–water partition coefficient (Wildman–Crippen LogP) is 3.33. The van der Waals surface area contributed by atoms with Crippen LogP contribution in [-0.4, -0.2) is 29.8 Å². The number of hydrogen-bond acceptors (Lipinski definition) is 3. The van der Waals surface area contributed by atoms with Crippen LogP contribution in [0.5, 0.6) is 5.75 Å². The van der Waals surface area contributed by atoms with Crippen LogP contribution in [-0.2, 0) is 0 Å². The second-order valence-corrected chi connectivity index (χ2v) is 6.74. The molecule has 1 saturated carbocycles. The van der Waals surface area contributed by atoms with E-state index >= 15 is 0 Å². The van der Waals surface area contributed by atoms with Crippen molar-refractivity contribution in [1.29, 1.82) is 0 Å². The van der Waals surface area contributed by atoms with Gasteiger partial charge >= 0.3 is 0 Å². The molecule has 0 bridgehead atoms. The molecule has 0 saturated heterocycles. The van der Waals surface area contributed by atoms with Crippen LogP contribution < -0.4 is 10.1 Å². The Hall–Kier alpha value is -1.52. The molecule has 0 spiro atoms. The molecule has 1 fully saturated rings. The Labute approximate surface area is 141 Å². The molecular formula is C18H22ClNO3. The van der Waals surface area contributed by atoms with Crippen molar-refractivity contribution in [3.63, 3.8) is 0 Å². The zero-order valence-electron chi connectivity index (χ0n) is 13.0. The Morgan fingerprint density at radius 3 is 2.78 bits per heavy atom. The summed E-state index contributed by atoms with van der Waals surface area (Å²) in [5.41, 5.74) is 0.477. The van der Waals surface area contributed by atoms with E-state index in [1.807, 2.05) is 12.2 Å². The second kappa shape index (κ2) is 7.37. The molecular weight excluding hydrogens is 314 g/mol. The number of aliphatic hydroxyl groups is 1. The highest BCUT2D eigenvalue weighted by molar-refractivity contribution is 6.31. The largest absolute Gasteiger partial charge is 0.490 e. The summed E-state index contributed by atoms with van der Waals surface area (Å²) >= 11 is 6.06.